The summed E-state index contributed by atoms with van der Waals surface area (Å²) in [5.74, 6) is 0. The van der Waals surface area contributed by atoms with Crippen molar-refractivity contribution in [3.63, 3.8) is 0 Å². The number of aryl methyl sites for hydroxylation is 1. The van der Waals surface area contributed by atoms with Crippen LogP contribution in [-0.4, -0.2) is 19.6 Å². The highest BCUT2D eigenvalue weighted by Crippen LogP contribution is 2.27. The van der Waals surface area contributed by atoms with Crippen LogP contribution < -0.4 is 10.6 Å². The van der Waals surface area contributed by atoms with Crippen LogP contribution in [0.25, 0.3) is 0 Å². The van der Waals surface area contributed by atoms with Crippen LogP contribution >= 0.6 is 15.9 Å². The van der Waals surface area contributed by atoms with Crippen molar-refractivity contribution >= 4 is 21.6 Å². The van der Waals surface area contributed by atoms with Crippen LogP contribution in [0.5, 0.6) is 0 Å². The minimum Gasteiger partial charge on any atom is -0.371 e. The van der Waals surface area contributed by atoms with Crippen LogP contribution in [0.15, 0.2) is 22.7 Å². The number of hydrogen-bond acceptors (Lipinski definition) is 2. The minimum atomic E-state index is 0.467. The fraction of sp³-hybridized carbons (Fsp3) is 0.500. The highest BCUT2D eigenvalue weighted by Gasteiger charge is 2.11. The van der Waals surface area contributed by atoms with E-state index in [1.165, 1.54) is 11.3 Å². The lowest BCUT2D eigenvalue weighted by atomic mass is 10.1. The Labute approximate surface area is 101 Å². The van der Waals surface area contributed by atoms with Crippen LogP contribution in [0.2, 0.25) is 0 Å². The molecule has 0 fully saturated rings. The SMILES string of the molecule is Cc1ccc(N(C)C(C)CCN)c(Br)c1. The lowest BCUT2D eigenvalue weighted by Gasteiger charge is -2.27. The summed E-state index contributed by atoms with van der Waals surface area (Å²) in [6.45, 7) is 5.02. The van der Waals surface area contributed by atoms with Crippen LogP contribution in [0.1, 0.15) is 18.9 Å². The van der Waals surface area contributed by atoms with E-state index in [1.807, 2.05) is 0 Å². The molecule has 1 aromatic rings. The number of halogens is 1. The van der Waals surface area contributed by atoms with Crippen molar-refractivity contribution in [3.05, 3.63) is 28.2 Å². The zero-order valence-corrected chi connectivity index (χ0v) is 11.2. The second-order valence-corrected chi connectivity index (χ2v) is 4.85. The molecule has 84 valence electrons. The molecule has 15 heavy (non-hydrogen) atoms. The first-order chi connectivity index (χ1) is 7.06. The summed E-state index contributed by atoms with van der Waals surface area (Å²) in [4.78, 5) is 2.26. The highest BCUT2D eigenvalue weighted by molar-refractivity contribution is 9.10. The molecular formula is C12H19BrN2. The van der Waals surface area contributed by atoms with Gasteiger partial charge in [0.15, 0.2) is 0 Å². The van der Waals surface area contributed by atoms with Gasteiger partial charge in [0.1, 0.15) is 0 Å². The van der Waals surface area contributed by atoms with Crippen molar-refractivity contribution in [2.75, 3.05) is 18.5 Å². The van der Waals surface area contributed by atoms with E-state index in [-0.39, 0.29) is 0 Å². The Morgan fingerprint density at radius 2 is 2.13 bits per heavy atom. The van der Waals surface area contributed by atoms with Gasteiger partial charge in [-0.05, 0) is 60.4 Å². The summed E-state index contributed by atoms with van der Waals surface area (Å²) in [7, 11) is 2.11. The van der Waals surface area contributed by atoms with Crippen LogP contribution in [0.4, 0.5) is 5.69 Å². The van der Waals surface area contributed by atoms with E-state index in [2.05, 4.69) is 59.9 Å². The van der Waals surface area contributed by atoms with Gasteiger partial charge < -0.3 is 10.6 Å². The monoisotopic (exact) mass is 270 g/mol. The summed E-state index contributed by atoms with van der Waals surface area (Å²) in [6, 6.07) is 6.88. The Bertz CT molecular complexity index is 325. The number of rotatable bonds is 4. The molecule has 1 atom stereocenters. The van der Waals surface area contributed by atoms with E-state index in [0.29, 0.717) is 6.04 Å². The topological polar surface area (TPSA) is 29.3 Å². The molecule has 0 aliphatic rings. The predicted octanol–water partition coefficient (Wildman–Crippen LogP) is 2.93. The fourth-order valence-electron chi connectivity index (χ4n) is 1.57. The largest absolute Gasteiger partial charge is 0.371 e. The molecular weight excluding hydrogens is 252 g/mol. The first-order valence-corrected chi connectivity index (χ1v) is 6.04. The van der Waals surface area contributed by atoms with E-state index < -0.39 is 0 Å². The highest BCUT2D eigenvalue weighted by atomic mass is 79.9. The lowest BCUT2D eigenvalue weighted by molar-refractivity contribution is 0.634. The van der Waals surface area contributed by atoms with Gasteiger partial charge in [0, 0.05) is 17.6 Å². The quantitative estimate of drug-likeness (QED) is 0.912. The summed E-state index contributed by atoms with van der Waals surface area (Å²) >= 11 is 3.59. The molecule has 0 amide bonds. The molecule has 1 aromatic carbocycles. The van der Waals surface area contributed by atoms with Gasteiger partial charge in [-0.15, -0.1) is 0 Å². The first kappa shape index (κ1) is 12.5. The molecule has 0 aliphatic carbocycles. The maximum Gasteiger partial charge on any atom is 0.0510 e. The summed E-state index contributed by atoms with van der Waals surface area (Å²) in [5.41, 5.74) is 8.06. The molecule has 2 N–H and O–H groups in total. The van der Waals surface area contributed by atoms with E-state index in [1.54, 1.807) is 0 Å². The zero-order valence-electron chi connectivity index (χ0n) is 9.63. The summed E-state index contributed by atoms with van der Waals surface area (Å²) in [5, 5.41) is 0. The van der Waals surface area contributed by atoms with Crippen LogP contribution in [-0.2, 0) is 0 Å². The van der Waals surface area contributed by atoms with Gasteiger partial charge in [0.2, 0.25) is 0 Å². The normalized spacial score (nSPS) is 12.6. The van der Waals surface area contributed by atoms with Gasteiger partial charge in [-0.2, -0.15) is 0 Å². The smallest absolute Gasteiger partial charge is 0.0510 e. The van der Waals surface area contributed by atoms with E-state index in [4.69, 9.17) is 5.73 Å². The molecule has 0 heterocycles. The first-order valence-electron chi connectivity index (χ1n) is 5.25. The van der Waals surface area contributed by atoms with Gasteiger partial charge in [-0.3, -0.25) is 0 Å². The van der Waals surface area contributed by atoms with Gasteiger partial charge in [-0.1, -0.05) is 6.07 Å². The minimum absolute atomic E-state index is 0.467. The van der Waals surface area contributed by atoms with Crippen molar-refractivity contribution in [2.24, 2.45) is 5.73 Å². The van der Waals surface area contributed by atoms with Crippen molar-refractivity contribution in [1.82, 2.24) is 0 Å². The van der Waals surface area contributed by atoms with E-state index >= 15 is 0 Å². The molecule has 0 spiro atoms. The molecule has 0 radical (unpaired) electrons. The Morgan fingerprint density at radius 1 is 1.47 bits per heavy atom. The molecule has 1 rings (SSSR count). The predicted molar refractivity (Wildman–Crippen MR) is 70.4 cm³/mol. The van der Waals surface area contributed by atoms with E-state index in [9.17, 15) is 0 Å². The maximum atomic E-state index is 5.57. The zero-order chi connectivity index (χ0) is 11.4. The van der Waals surface area contributed by atoms with Crippen molar-refractivity contribution < 1.29 is 0 Å². The van der Waals surface area contributed by atoms with E-state index in [0.717, 1.165) is 17.4 Å². The van der Waals surface area contributed by atoms with Crippen molar-refractivity contribution in [2.45, 2.75) is 26.3 Å². The third-order valence-corrected chi connectivity index (χ3v) is 3.36. The summed E-state index contributed by atoms with van der Waals surface area (Å²) in [6.07, 6.45) is 1.01. The fourth-order valence-corrected chi connectivity index (χ4v) is 2.34. The average Bonchev–Trinajstić information content (AvgIpc) is 2.17. The number of nitrogens with zero attached hydrogens (tertiary/aromatic N) is 1. The number of benzene rings is 1. The molecule has 0 bridgehead atoms. The van der Waals surface area contributed by atoms with Crippen molar-refractivity contribution in [3.8, 4) is 0 Å². The standard InChI is InChI=1S/C12H19BrN2/c1-9-4-5-12(11(13)8-9)15(3)10(2)6-7-14/h4-5,8,10H,6-7,14H2,1-3H3. The van der Waals surface area contributed by atoms with Crippen molar-refractivity contribution in [1.29, 1.82) is 0 Å². The van der Waals surface area contributed by atoms with Gasteiger partial charge in [0.25, 0.3) is 0 Å². The number of anilines is 1. The summed E-state index contributed by atoms with van der Waals surface area (Å²) < 4.78 is 1.15. The second kappa shape index (κ2) is 5.52. The number of hydrogen-bond donors (Lipinski definition) is 1. The lowest BCUT2D eigenvalue weighted by Crippen LogP contribution is -2.31. The molecule has 0 saturated carbocycles. The van der Waals surface area contributed by atoms with Crippen LogP contribution in [0.3, 0.4) is 0 Å². The third kappa shape index (κ3) is 3.21. The molecule has 0 saturated heterocycles. The second-order valence-electron chi connectivity index (χ2n) is 3.99. The third-order valence-electron chi connectivity index (χ3n) is 2.73. The molecule has 2 nitrogen and oxygen atoms in total. The maximum absolute atomic E-state index is 5.57. The molecule has 3 heteroatoms. The molecule has 1 unspecified atom stereocenters. The van der Waals surface area contributed by atoms with Crippen LogP contribution in [0, 0.1) is 6.92 Å². The van der Waals surface area contributed by atoms with Gasteiger partial charge in [0.05, 0.1) is 5.69 Å². The number of nitrogens with two attached hydrogens (primary N) is 1. The Balaban J connectivity index is 2.86. The Hall–Kier alpha value is -0.540. The Morgan fingerprint density at radius 3 is 2.67 bits per heavy atom. The van der Waals surface area contributed by atoms with Gasteiger partial charge in [-0.25, -0.2) is 0 Å². The average molecular weight is 271 g/mol. The molecule has 0 aliphatic heterocycles. The molecule has 0 aromatic heterocycles. The van der Waals surface area contributed by atoms with Gasteiger partial charge >= 0.3 is 0 Å². The Kier molecular flexibility index (Phi) is 4.61.